The van der Waals surface area contributed by atoms with Gasteiger partial charge in [0, 0.05) is 5.56 Å². The molecule has 0 atom stereocenters. The van der Waals surface area contributed by atoms with Crippen LogP contribution in [0.25, 0.3) is 11.1 Å². The zero-order valence-electron chi connectivity index (χ0n) is 16.2. The Labute approximate surface area is 150 Å². The molecule has 2 aromatic carbocycles. The zero-order chi connectivity index (χ0) is 19.2. The first-order valence-corrected chi connectivity index (χ1v) is 8.56. The van der Waals surface area contributed by atoms with E-state index in [1.165, 1.54) is 0 Å². The molecule has 0 aliphatic rings. The zero-order valence-corrected chi connectivity index (χ0v) is 16.2. The number of aromatic hydroxyl groups is 1. The van der Waals surface area contributed by atoms with Crippen LogP contribution in [0.15, 0.2) is 30.3 Å². The molecule has 0 bridgehead atoms. The molecule has 3 nitrogen and oxygen atoms in total. The van der Waals surface area contributed by atoms with E-state index in [0.717, 1.165) is 16.7 Å². The smallest absolute Gasteiger partial charge is 0.336 e. The Morgan fingerprint density at radius 2 is 1.48 bits per heavy atom. The van der Waals surface area contributed by atoms with Gasteiger partial charge in [0.05, 0.1) is 5.56 Å². The highest BCUT2D eigenvalue weighted by molar-refractivity contribution is 5.98. The molecule has 0 aromatic heterocycles. The predicted molar refractivity (Wildman–Crippen MR) is 103 cm³/mol. The van der Waals surface area contributed by atoms with E-state index in [2.05, 4.69) is 20.8 Å². The first kappa shape index (κ1) is 19.0. The molecular weight excluding hydrogens is 312 g/mol. The summed E-state index contributed by atoms with van der Waals surface area (Å²) in [7, 11) is 0. The maximum Gasteiger partial charge on any atom is 0.336 e. The number of phenols is 1. The molecule has 0 unspecified atom stereocenters. The van der Waals surface area contributed by atoms with E-state index in [4.69, 9.17) is 0 Å². The van der Waals surface area contributed by atoms with E-state index in [-0.39, 0.29) is 22.1 Å². The second-order valence-electron chi connectivity index (χ2n) is 8.69. The average Bonchev–Trinajstić information content (AvgIpc) is 2.43. The summed E-state index contributed by atoms with van der Waals surface area (Å²) in [6.45, 7) is 14.1. The van der Waals surface area contributed by atoms with E-state index in [1.54, 1.807) is 13.0 Å². The van der Waals surface area contributed by atoms with Crippen LogP contribution >= 0.6 is 0 Å². The Morgan fingerprint density at radius 1 is 0.880 bits per heavy atom. The van der Waals surface area contributed by atoms with Crippen LogP contribution in [0.2, 0.25) is 0 Å². The standard InChI is InChI=1S/C22H28O3/c1-13-9-8-10-14(17(13)20(24)25)15-11-12-16(21(2,3)4)19(23)18(15)22(5,6)7/h8-12,23H,1-7H3,(H,24,25). The molecule has 0 amide bonds. The van der Waals surface area contributed by atoms with Crippen molar-refractivity contribution < 1.29 is 15.0 Å². The quantitative estimate of drug-likeness (QED) is 0.741. The third-order valence-electron chi connectivity index (χ3n) is 4.51. The number of aromatic carboxylic acids is 1. The van der Waals surface area contributed by atoms with Gasteiger partial charge >= 0.3 is 5.97 Å². The number of carboxylic acid groups (broad SMARTS) is 1. The van der Waals surface area contributed by atoms with Crippen LogP contribution in [-0.4, -0.2) is 16.2 Å². The SMILES string of the molecule is Cc1cccc(-c2ccc(C(C)(C)C)c(O)c2C(C)(C)C)c1C(=O)O. The number of phenolic OH excluding ortho intramolecular Hbond substituents is 1. The van der Waals surface area contributed by atoms with Gasteiger partial charge in [0.15, 0.2) is 0 Å². The fourth-order valence-corrected chi connectivity index (χ4v) is 3.36. The van der Waals surface area contributed by atoms with Crippen molar-refractivity contribution in [3.63, 3.8) is 0 Å². The Hall–Kier alpha value is -2.29. The summed E-state index contributed by atoms with van der Waals surface area (Å²) in [5.41, 5.74) is 3.54. The molecule has 0 heterocycles. The monoisotopic (exact) mass is 340 g/mol. The Balaban J connectivity index is 2.92. The molecule has 0 radical (unpaired) electrons. The maximum absolute atomic E-state index is 11.8. The van der Waals surface area contributed by atoms with Crippen LogP contribution in [-0.2, 0) is 10.8 Å². The second kappa shape index (κ2) is 6.21. The van der Waals surface area contributed by atoms with Crippen molar-refractivity contribution in [2.24, 2.45) is 0 Å². The molecular formula is C22H28O3. The topological polar surface area (TPSA) is 57.5 Å². The lowest BCUT2D eigenvalue weighted by Gasteiger charge is -2.30. The van der Waals surface area contributed by atoms with Gasteiger partial charge in [-0.15, -0.1) is 0 Å². The van der Waals surface area contributed by atoms with Gasteiger partial charge in [-0.3, -0.25) is 0 Å². The lowest BCUT2D eigenvalue weighted by molar-refractivity contribution is 0.0697. The lowest BCUT2D eigenvalue weighted by atomic mass is 9.75. The minimum absolute atomic E-state index is 0.204. The van der Waals surface area contributed by atoms with Crippen LogP contribution in [0.5, 0.6) is 5.75 Å². The first-order valence-electron chi connectivity index (χ1n) is 8.56. The van der Waals surface area contributed by atoms with Crippen LogP contribution in [0.3, 0.4) is 0 Å². The summed E-state index contributed by atoms with van der Waals surface area (Å²) in [4.78, 5) is 11.8. The second-order valence-corrected chi connectivity index (χ2v) is 8.69. The fraction of sp³-hybridized carbons (Fsp3) is 0.409. The van der Waals surface area contributed by atoms with E-state index in [0.29, 0.717) is 11.1 Å². The summed E-state index contributed by atoms with van der Waals surface area (Å²) < 4.78 is 0. The van der Waals surface area contributed by atoms with Gasteiger partial charge in [0.2, 0.25) is 0 Å². The molecule has 2 N–H and O–H groups in total. The number of hydrogen-bond donors (Lipinski definition) is 2. The van der Waals surface area contributed by atoms with Gasteiger partial charge in [-0.05, 0) is 40.0 Å². The highest BCUT2D eigenvalue weighted by Gasteiger charge is 2.30. The molecule has 25 heavy (non-hydrogen) atoms. The average molecular weight is 340 g/mol. The number of carboxylic acids is 1. The first-order chi connectivity index (χ1) is 11.4. The molecule has 2 rings (SSSR count). The van der Waals surface area contributed by atoms with Gasteiger partial charge < -0.3 is 10.2 Å². The summed E-state index contributed by atoms with van der Waals surface area (Å²) in [5.74, 6) is -0.692. The fourth-order valence-electron chi connectivity index (χ4n) is 3.36. The molecule has 0 spiro atoms. The highest BCUT2D eigenvalue weighted by Crippen LogP contribution is 2.45. The summed E-state index contributed by atoms with van der Waals surface area (Å²) >= 11 is 0. The predicted octanol–water partition coefficient (Wildman–Crippen LogP) is 5.66. The number of rotatable bonds is 2. The Kier molecular flexibility index (Phi) is 4.73. The Bertz CT molecular complexity index is 818. The van der Waals surface area contributed by atoms with Crippen LogP contribution in [0, 0.1) is 6.92 Å². The molecule has 0 aliphatic carbocycles. The van der Waals surface area contributed by atoms with Crippen molar-refractivity contribution in [2.45, 2.75) is 59.3 Å². The van der Waals surface area contributed by atoms with Gasteiger partial charge in [-0.2, -0.15) is 0 Å². The van der Waals surface area contributed by atoms with Crippen molar-refractivity contribution in [2.75, 3.05) is 0 Å². The van der Waals surface area contributed by atoms with Crippen LogP contribution < -0.4 is 0 Å². The molecule has 0 aliphatic heterocycles. The van der Waals surface area contributed by atoms with Crippen molar-refractivity contribution in [1.82, 2.24) is 0 Å². The number of benzene rings is 2. The molecule has 134 valence electrons. The summed E-state index contributed by atoms with van der Waals surface area (Å²) in [5, 5.41) is 20.7. The Morgan fingerprint density at radius 3 is 1.96 bits per heavy atom. The molecule has 0 saturated heterocycles. The van der Waals surface area contributed by atoms with E-state index >= 15 is 0 Å². The van der Waals surface area contributed by atoms with E-state index in [1.807, 2.05) is 45.0 Å². The van der Waals surface area contributed by atoms with E-state index < -0.39 is 5.97 Å². The van der Waals surface area contributed by atoms with Gasteiger partial charge in [0.1, 0.15) is 5.75 Å². The largest absolute Gasteiger partial charge is 0.507 e. The van der Waals surface area contributed by atoms with Crippen molar-refractivity contribution in [3.05, 3.63) is 52.6 Å². The third kappa shape index (κ3) is 3.55. The molecule has 0 fully saturated rings. The van der Waals surface area contributed by atoms with Gasteiger partial charge in [-0.25, -0.2) is 4.79 Å². The van der Waals surface area contributed by atoms with Crippen molar-refractivity contribution in [3.8, 4) is 16.9 Å². The van der Waals surface area contributed by atoms with Gasteiger partial charge in [-0.1, -0.05) is 71.9 Å². The number of hydrogen-bond acceptors (Lipinski definition) is 2. The number of aryl methyl sites for hydroxylation is 1. The van der Waals surface area contributed by atoms with Crippen LogP contribution in [0.4, 0.5) is 0 Å². The lowest BCUT2D eigenvalue weighted by Crippen LogP contribution is -2.18. The van der Waals surface area contributed by atoms with Crippen molar-refractivity contribution >= 4 is 5.97 Å². The summed E-state index contributed by atoms with van der Waals surface area (Å²) in [6.07, 6.45) is 0. The maximum atomic E-state index is 11.8. The molecule has 0 saturated carbocycles. The minimum Gasteiger partial charge on any atom is -0.507 e. The van der Waals surface area contributed by atoms with Crippen LogP contribution in [0.1, 0.15) is 68.6 Å². The van der Waals surface area contributed by atoms with Gasteiger partial charge in [0.25, 0.3) is 0 Å². The van der Waals surface area contributed by atoms with Crippen molar-refractivity contribution in [1.29, 1.82) is 0 Å². The van der Waals surface area contributed by atoms with E-state index in [9.17, 15) is 15.0 Å². The number of carbonyl (C=O) groups is 1. The minimum atomic E-state index is -0.952. The highest BCUT2D eigenvalue weighted by atomic mass is 16.4. The normalized spacial score (nSPS) is 12.3. The summed E-state index contributed by atoms with van der Waals surface area (Å²) in [6, 6.07) is 9.33. The molecule has 2 aromatic rings. The molecule has 3 heteroatoms. The third-order valence-corrected chi connectivity index (χ3v) is 4.51.